The van der Waals surface area contributed by atoms with Crippen molar-refractivity contribution < 1.29 is 0 Å². The molecular weight excluding hydrogens is 244 g/mol. The van der Waals surface area contributed by atoms with E-state index >= 15 is 0 Å². The molecular formula is C18H24N2. The standard InChI is InChI=1S/C18H24N2/c1-14(15-7-5-6-8-15)20-17-11-18(12-17,13-19)16-9-3-2-4-10-16/h2-4,9-10,14-15,17,20H,5-8,11-12H2,1H3. The monoisotopic (exact) mass is 268 g/mol. The number of nitriles is 1. The highest BCUT2D eigenvalue weighted by Crippen LogP contribution is 2.44. The third-order valence-corrected chi connectivity index (χ3v) is 5.34. The fourth-order valence-corrected chi connectivity index (χ4v) is 4.01. The van der Waals surface area contributed by atoms with Crippen molar-refractivity contribution in [3.05, 3.63) is 35.9 Å². The van der Waals surface area contributed by atoms with Crippen molar-refractivity contribution in [2.75, 3.05) is 0 Å². The van der Waals surface area contributed by atoms with E-state index in [1.807, 2.05) is 18.2 Å². The Morgan fingerprint density at radius 1 is 1.20 bits per heavy atom. The first-order valence-corrected chi connectivity index (χ1v) is 7.96. The minimum Gasteiger partial charge on any atom is -0.311 e. The fourth-order valence-electron chi connectivity index (χ4n) is 4.01. The second-order valence-electron chi connectivity index (χ2n) is 6.66. The SMILES string of the molecule is CC(NC1CC(C#N)(c2ccccc2)C1)C1CCCC1. The van der Waals surface area contributed by atoms with Gasteiger partial charge in [-0.15, -0.1) is 0 Å². The Kier molecular flexibility index (Phi) is 3.81. The normalized spacial score (nSPS) is 31.5. The Bertz CT molecular complexity index is 476. The quantitative estimate of drug-likeness (QED) is 0.902. The Hall–Kier alpha value is -1.33. The van der Waals surface area contributed by atoms with Gasteiger partial charge in [-0.05, 0) is 44.1 Å². The third kappa shape index (κ3) is 2.47. The van der Waals surface area contributed by atoms with Crippen LogP contribution >= 0.6 is 0 Å². The van der Waals surface area contributed by atoms with Gasteiger partial charge in [0, 0.05) is 12.1 Å². The summed E-state index contributed by atoms with van der Waals surface area (Å²) in [5, 5.41) is 13.3. The number of nitrogens with zero attached hydrogens (tertiary/aromatic N) is 1. The largest absolute Gasteiger partial charge is 0.311 e. The first-order chi connectivity index (χ1) is 9.73. The van der Waals surface area contributed by atoms with E-state index in [-0.39, 0.29) is 5.41 Å². The van der Waals surface area contributed by atoms with Crippen LogP contribution in [0.25, 0.3) is 0 Å². The predicted molar refractivity (Wildman–Crippen MR) is 81.3 cm³/mol. The summed E-state index contributed by atoms with van der Waals surface area (Å²) >= 11 is 0. The van der Waals surface area contributed by atoms with E-state index in [4.69, 9.17) is 0 Å². The van der Waals surface area contributed by atoms with Crippen LogP contribution in [0.15, 0.2) is 30.3 Å². The Labute approximate surface area is 122 Å². The van der Waals surface area contributed by atoms with Gasteiger partial charge in [-0.3, -0.25) is 0 Å². The van der Waals surface area contributed by atoms with Gasteiger partial charge in [0.05, 0.1) is 11.5 Å². The molecule has 0 spiro atoms. The van der Waals surface area contributed by atoms with E-state index in [9.17, 15) is 5.26 Å². The van der Waals surface area contributed by atoms with Crippen LogP contribution in [0.4, 0.5) is 0 Å². The first kappa shape index (κ1) is 13.6. The van der Waals surface area contributed by atoms with Gasteiger partial charge >= 0.3 is 0 Å². The van der Waals surface area contributed by atoms with Gasteiger partial charge in [0.2, 0.25) is 0 Å². The summed E-state index contributed by atoms with van der Waals surface area (Å²) in [7, 11) is 0. The van der Waals surface area contributed by atoms with Crippen LogP contribution in [-0.4, -0.2) is 12.1 Å². The molecule has 1 unspecified atom stereocenters. The fraction of sp³-hybridized carbons (Fsp3) is 0.611. The molecule has 0 bridgehead atoms. The molecule has 2 heteroatoms. The van der Waals surface area contributed by atoms with Crippen molar-refractivity contribution in [2.45, 2.75) is 62.9 Å². The van der Waals surface area contributed by atoms with Crippen LogP contribution < -0.4 is 5.32 Å². The van der Waals surface area contributed by atoms with E-state index in [0.717, 1.165) is 18.8 Å². The Morgan fingerprint density at radius 3 is 2.45 bits per heavy atom. The van der Waals surface area contributed by atoms with Crippen LogP contribution in [0, 0.1) is 17.2 Å². The van der Waals surface area contributed by atoms with Crippen molar-refractivity contribution in [3.8, 4) is 6.07 Å². The number of hydrogen-bond donors (Lipinski definition) is 1. The van der Waals surface area contributed by atoms with Crippen molar-refractivity contribution in [1.82, 2.24) is 5.32 Å². The molecule has 1 aromatic carbocycles. The van der Waals surface area contributed by atoms with E-state index < -0.39 is 0 Å². The van der Waals surface area contributed by atoms with Gasteiger partial charge in [-0.2, -0.15) is 5.26 Å². The van der Waals surface area contributed by atoms with Gasteiger partial charge in [-0.1, -0.05) is 43.2 Å². The number of rotatable bonds is 4. The molecule has 0 aliphatic heterocycles. The lowest BCUT2D eigenvalue weighted by Crippen LogP contribution is -2.54. The van der Waals surface area contributed by atoms with Gasteiger partial charge < -0.3 is 5.32 Å². The van der Waals surface area contributed by atoms with Crippen molar-refractivity contribution >= 4 is 0 Å². The molecule has 2 fully saturated rings. The Morgan fingerprint density at radius 2 is 1.85 bits per heavy atom. The Balaban J connectivity index is 1.58. The molecule has 20 heavy (non-hydrogen) atoms. The second-order valence-corrected chi connectivity index (χ2v) is 6.66. The molecule has 0 radical (unpaired) electrons. The summed E-state index contributed by atoms with van der Waals surface area (Å²) in [6.45, 7) is 2.32. The molecule has 0 amide bonds. The van der Waals surface area contributed by atoms with Crippen molar-refractivity contribution in [1.29, 1.82) is 5.26 Å². The van der Waals surface area contributed by atoms with E-state index in [1.165, 1.54) is 31.2 Å². The maximum Gasteiger partial charge on any atom is 0.0852 e. The average Bonchev–Trinajstić information content (AvgIpc) is 2.97. The third-order valence-electron chi connectivity index (χ3n) is 5.34. The molecule has 2 saturated carbocycles. The molecule has 1 aromatic rings. The van der Waals surface area contributed by atoms with E-state index in [0.29, 0.717) is 12.1 Å². The average molecular weight is 268 g/mol. The highest BCUT2D eigenvalue weighted by molar-refractivity contribution is 5.36. The van der Waals surface area contributed by atoms with E-state index in [1.54, 1.807) is 0 Å². The summed E-state index contributed by atoms with van der Waals surface area (Å²) in [6, 6.07) is 14.0. The van der Waals surface area contributed by atoms with Crippen LogP contribution in [0.2, 0.25) is 0 Å². The van der Waals surface area contributed by atoms with Crippen LogP contribution in [0.3, 0.4) is 0 Å². The topological polar surface area (TPSA) is 35.8 Å². The highest BCUT2D eigenvalue weighted by atomic mass is 15.0. The first-order valence-electron chi connectivity index (χ1n) is 7.96. The van der Waals surface area contributed by atoms with Gasteiger partial charge in [0.25, 0.3) is 0 Å². The molecule has 3 rings (SSSR count). The summed E-state index contributed by atoms with van der Waals surface area (Å²) in [6.07, 6.45) is 7.47. The minimum atomic E-state index is -0.242. The zero-order valence-electron chi connectivity index (χ0n) is 12.3. The molecule has 0 aromatic heterocycles. The predicted octanol–water partition coefficient (Wildman–Crippen LogP) is 3.78. The maximum atomic E-state index is 9.58. The molecule has 2 aliphatic carbocycles. The smallest absolute Gasteiger partial charge is 0.0852 e. The number of hydrogen-bond acceptors (Lipinski definition) is 2. The number of benzene rings is 1. The number of nitrogens with one attached hydrogen (secondary N) is 1. The highest BCUT2D eigenvalue weighted by Gasteiger charge is 2.46. The summed E-state index contributed by atoms with van der Waals surface area (Å²) in [4.78, 5) is 0. The summed E-state index contributed by atoms with van der Waals surface area (Å²) in [5.41, 5.74) is 0.947. The molecule has 0 saturated heterocycles. The van der Waals surface area contributed by atoms with Crippen molar-refractivity contribution in [2.24, 2.45) is 5.92 Å². The lowest BCUT2D eigenvalue weighted by Gasteiger charge is -2.45. The van der Waals surface area contributed by atoms with Crippen LogP contribution in [-0.2, 0) is 5.41 Å². The molecule has 1 atom stereocenters. The summed E-state index contributed by atoms with van der Waals surface area (Å²) in [5.74, 6) is 0.851. The maximum absolute atomic E-state index is 9.58. The van der Waals surface area contributed by atoms with Crippen LogP contribution in [0.1, 0.15) is 51.0 Å². The van der Waals surface area contributed by atoms with E-state index in [2.05, 4.69) is 30.4 Å². The molecule has 1 N–H and O–H groups in total. The van der Waals surface area contributed by atoms with Gasteiger partial charge in [0.15, 0.2) is 0 Å². The second kappa shape index (κ2) is 5.58. The lowest BCUT2D eigenvalue weighted by atomic mass is 9.62. The zero-order valence-corrected chi connectivity index (χ0v) is 12.3. The molecule has 2 aliphatic rings. The van der Waals surface area contributed by atoms with Gasteiger partial charge in [-0.25, -0.2) is 0 Å². The zero-order chi connectivity index (χ0) is 14.0. The summed E-state index contributed by atoms with van der Waals surface area (Å²) < 4.78 is 0. The lowest BCUT2D eigenvalue weighted by molar-refractivity contribution is 0.193. The van der Waals surface area contributed by atoms with Crippen LogP contribution in [0.5, 0.6) is 0 Å². The molecule has 0 heterocycles. The van der Waals surface area contributed by atoms with Crippen molar-refractivity contribution in [3.63, 3.8) is 0 Å². The minimum absolute atomic E-state index is 0.242. The van der Waals surface area contributed by atoms with Gasteiger partial charge in [0.1, 0.15) is 0 Å². The molecule has 106 valence electrons. The molecule has 2 nitrogen and oxygen atoms in total.